The number of hydrogen-bond donors (Lipinski definition) is 0. The number of ether oxygens (including phenoxy) is 1. The molecule has 1 fully saturated rings. The lowest BCUT2D eigenvalue weighted by Crippen LogP contribution is -2.26. The summed E-state index contributed by atoms with van der Waals surface area (Å²) in [6, 6.07) is 0. The van der Waals surface area contributed by atoms with E-state index in [2.05, 4.69) is 0 Å². The van der Waals surface area contributed by atoms with E-state index in [0.29, 0.717) is 0 Å². The van der Waals surface area contributed by atoms with E-state index in [4.69, 9.17) is 18.3 Å². The first-order chi connectivity index (χ1) is 7.43. The summed E-state index contributed by atoms with van der Waals surface area (Å²) in [7, 11) is -2.11. The van der Waals surface area contributed by atoms with Gasteiger partial charge in [-0.2, -0.15) is 0 Å². The van der Waals surface area contributed by atoms with Gasteiger partial charge in [-0.3, -0.25) is 13.6 Å². The second-order valence-corrected chi connectivity index (χ2v) is 5.75. The summed E-state index contributed by atoms with van der Waals surface area (Å²) < 4.78 is 32.9. The second kappa shape index (κ2) is 9.89. The molecule has 0 aliphatic carbocycles. The molecule has 0 saturated carbocycles. The van der Waals surface area contributed by atoms with Crippen LogP contribution in [0.25, 0.3) is 0 Å². The molecule has 0 spiro atoms. The highest BCUT2D eigenvalue weighted by Gasteiger charge is 2.42. The van der Waals surface area contributed by atoms with Crippen LogP contribution < -0.4 is 0 Å². The summed E-state index contributed by atoms with van der Waals surface area (Å²) in [5.74, 6) is 0.166. The maximum Gasteiger partial charge on any atom is 0.474 e. The molecule has 0 bridgehead atoms. The van der Waals surface area contributed by atoms with Crippen LogP contribution in [0.4, 0.5) is 0 Å². The highest BCUT2D eigenvalue weighted by atomic mass is 31.2. The summed E-state index contributed by atoms with van der Waals surface area (Å²) >= 11 is 0. The zero-order valence-corrected chi connectivity index (χ0v) is 11.4. The minimum atomic E-state index is -3.43. The minimum absolute atomic E-state index is 0. The summed E-state index contributed by atoms with van der Waals surface area (Å²) in [5.41, 5.74) is 0. The highest BCUT2D eigenvalue weighted by molar-refractivity contribution is 7.48. The van der Waals surface area contributed by atoms with Crippen molar-refractivity contribution in [3.8, 4) is 0 Å². The quantitative estimate of drug-likeness (QED) is 0.699. The molecule has 19 heavy (non-hydrogen) atoms. The molecule has 0 aromatic rings. The monoisotopic (exact) mass is 300 g/mol. The van der Waals surface area contributed by atoms with Gasteiger partial charge in [-0.25, -0.2) is 4.57 Å². The fourth-order valence-electron chi connectivity index (χ4n) is 1.85. The highest BCUT2D eigenvalue weighted by Crippen LogP contribution is 2.52. The molecule has 120 valence electrons. The molecule has 5 nitrogen and oxygen atoms in total. The first kappa shape index (κ1) is 24.1. The van der Waals surface area contributed by atoms with Crippen LogP contribution in [0.5, 0.6) is 0 Å². The van der Waals surface area contributed by atoms with E-state index in [0.717, 1.165) is 0 Å². The van der Waals surface area contributed by atoms with E-state index < -0.39 is 7.82 Å². The molecule has 1 saturated heterocycles. The van der Waals surface area contributed by atoms with Crippen molar-refractivity contribution >= 4 is 7.82 Å². The predicted molar refractivity (Wildman–Crippen MR) is 80.5 cm³/mol. The van der Waals surface area contributed by atoms with Crippen molar-refractivity contribution in [3.05, 3.63) is 0 Å². The number of hydrogen-bond acceptors (Lipinski definition) is 5. The predicted octanol–water partition coefficient (Wildman–Crippen LogP) is 4.51. The van der Waals surface area contributed by atoms with Gasteiger partial charge in [0.1, 0.15) is 6.10 Å². The largest absolute Gasteiger partial charge is 0.474 e. The number of rotatable bonds is 5. The van der Waals surface area contributed by atoms with Crippen LogP contribution in [-0.2, 0) is 22.9 Å². The zero-order valence-electron chi connectivity index (χ0n) is 10.5. The summed E-state index contributed by atoms with van der Waals surface area (Å²) in [4.78, 5) is 0. The third kappa shape index (κ3) is 5.92. The van der Waals surface area contributed by atoms with E-state index >= 15 is 0 Å². The molecular weight excluding hydrogens is 267 g/mol. The summed E-state index contributed by atoms with van der Waals surface area (Å²) in [6.07, 6.45) is -0.270. The van der Waals surface area contributed by atoms with Crippen molar-refractivity contribution in [1.29, 1.82) is 0 Å². The average Bonchev–Trinajstić information content (AvgIpc) is 2.46. The van der Waals surface area contributed by atoms with Gasteiger partial charge in [-0.15, -0.1) is 0 Å². The van der Waals surface area contributed by atoms with Crippen LogP contribution in [0, 0.1) is 5.92 Å². The number of phosphoric ester groups is 1. The van der Waals surface area contributed by atoms with Crippen molar-refractivity contribution in [2.75, 3.05) is 13.7 Å². The summed E-state index contributed by atoms with van der Waals surface area (Å²) in [6.45, 7) is 7.91. The van der Waals surface area contributed by atoms with Crippen molar-refractivity contribution in [2.24, 2.45) is 5.92 Å². The fraction of sp³-hybridized carbons (Fsp3) is 1.00. The Morgan fingerprint density at radius 2 is 1.63 bits per heavy atom. The van der Waals surface area contributed by atoms with Gasteiger partial charge >= 0.3 is 7.82 Å². The van der Waals surface area contributed by atoms with Gasteiger partial charge in [0.05, 0.1) is 18.8 Å². The van der Waals surface area contributed by atoms with Gasteiger partial charge in [-0.05, 0) is 20.8 Å². The minimum Gasteiger partial charge on any atom is -0.372 e. The smallest absolute Gasteiger partial charge is 0.372 e. The third-order valence-electron chi connectivity index (χ3n) is 2.91. The van der Waals surface area contributed by atoms with Crippen LogP contribution in [0.1, 0.15) is 50.0 Å². The van der Waals surface area contributed by atoms with Crippen LogP contribution >= 0.6 is 7.82 Å². The van der Waals surface area contributed by atoms with E-state index in [-0.39, 0.29) is 53.1 Å². The lowest BCUT2D eigenvalue weighted by atomic mass is 10.0. The average molecular weight is 300 g/mol. The molecule has 0 amide bonds. The molecular formula is C13H33O5P. The van der Waals surface area contributed by atoms with E-state index in [1.807, 2.05) is 20.8 Å². The number of phosphoric acid groups is 1. The SMILES string of the molecule is C.C.C.CCOP(=O)(OC)OC1C(C)OC(C)C1C. The Morgan fingerprint density at radius 3 is 1.95 bits per heavy atom. The second-order valence-electron chi connectivity index (χ2n) is 4.02. The standard InChI is InChI=1S/C10H21O5P.3CH4/c1-6-13-16(11,12-5)15-10-7(2)8(3)14-9(10)4;;;/h7-10H,6H2,1-5H3;3*1H4. The first-order valence-corrected chi connectivity index (χ1v) is 7.03. The summed E-state index contributed by atoms with van der Waals surface area (Å²) in [5, 5.41) is 0. The molecule has 0 N–H and O–H groups in total. The zero-order chi connectivity index (χ0) is 12.3. The first-order valence-electron chi connectivity index (χ1n) is 5.57. The van der Waals surface area contributed by atoms with Crippen molar-refractivity contribution < 1.29 is 22.9 Å². The Balaban J connectivity index is -0.000000853. The van der Waals surface area contributed by atoms with Gasteiger partial charge in [0.2, 0.25) is 0 Å². The van der Waals surface area contributed by atoms with Crippen LogP contribution in [0.3, 0.4) is 0 Å². The van der Waals surface area contributed by atoms with Gasteiger partial charge in [0.15, 0.2) is 0 Å². The molecule has 6 heteroatoms. The van der Waals surface area contributed by atoms with Gasteiger partial charge < -0.3 is 4.74 Å². The Labute approximate surface area is 119 Å². The van der Waals surface area contributed by atoms with E-state index in [9.17, 15) is 4.57 Å². The molecule has 0 aromatic carbocycles. The van der Waals surface area contributed by atoms with Crippen LogP contribution in [-0.4, -0.2) is 32.0 Å². The van der Waals surface area contributed by atoms with Crippen LogP contribution in [0.2, 0.25) is 0 Å². The molecule has 0 radical (unpaired) electrons. The molecule has 5 atom stereocenters. The third-order valence-corrected chi connectivity index (χ3v) is 4.44. The lowest BCUT2D eigenvalue weighted by Gasteiger charge is -2.23. The molecule has 1 rings (SSSR count). The van der Waals surface area contributed by atoms with Gasteiger partial charge in [-0.1, -0.05) is 29.2 Å². The van der Waals surface area contributed by atoms with Crippen molar-refractivity contribution in [2.45, 2.75) is 68.3 Å². The van der Waals surface area contributed by atoms with E-state index in [1.54, 1.807) is 6.92 Å². The van der Waals surface area contributed by atoms with Gasteiger partial charge in [0, 0.05) is 13.0 Å². The fourth-order valence-corrected chi connectivity index (χ4v) is 3.08. The van der Waals surface area contributed by atoms with Crippen LogP contribution in [0.15, 0.2) is 0 Å². The molecule has 1 aliphatic rings. The Bertz CT molecular complexity index is 272. The molecule has 1 aliphatic heterocycles. The van der Waals surface area contributed by atoms with Crippen molar-refractivity contribution in [1.82, 2.24) is 0 Å². The Kier molecular flexibility index (Phi) is 12.6. The normalized spacial score (nSPS) is 32.5. The Hall–Kier alpha value is 0.0700. The molecule has 5 unspecified atom stereocenters. The van der Waals surface area contributed by atoms with E-state index in [1.165, 1.54) is 7.11 Å². The maximum atomic E-state index is 12.0. The van der Waals surface area contributed by atoms with Gasteiger partial charge in [0.25, 0.3) is 0 Å². The Morgan fingerprint density at radius 1 is 1.11 bits per heavy atom. The topological polar surface area (TPSA) is 54.0 Å². The van der Waals surface area contributed by atoms with Crippen molar-refractivity contribution in [3.63, 3.8) is 0 Å². The maximum absolute atomic E-state index is 12.0. The molecule has 1 heterocycles. The molecule has 0 aromatic heterocycles. The lowest BCUT2D eigenvalue weighted by molar-refractivity contribution is 0.0198.